The van der Waals surface area contributed by atoms with Crippen LogP contribution < -0.4 is 5.32 Å². The Morgan fingerprint density at radius 2 is 1.81 bits per heavy atom. The first-order valence-corrected chi connectivity index (χ1v) is 10.5. The minimum absolute atomic E-state index is 0.0821. The molecular weight excluding hydrogens is 338 g/mol. The summed E-state index contributed by atoms with van der Waals surface area (Å²) in [6.07, 6.45) is 7.39. The average Bonchev–Trinajstić information content (AvgIpc) is 2.98. The number of aryl methyl sites for hydroxylation is 1. The zero-order valence-electron chi connectivity index (χ0n) is 16.6. The number of nitrogens with zero attached hydrogens (tertiary/aromatic N) is 2. The first-order valence-electron chi connectivity index (χ1n) is 10.5. The summed E-state index contributed by atoms with van der Waals surface area (Å²) < 4.78 is 0. The van der Waals surface area contributed by atoms with E-state index >= 15 is 0 Å². The zero-order valence-corrected chi connectivity index (χ0v) is 16.6. The second-order valence-electron chi connectivity index (χ2n) is 7.89. The van der Waals surface area contributed by atoms with E-state index in [1.54, 1.807) is 0 Å². The Kier molecular flexibility index (Phi) is 7.27. The van der Waals surface area contributed by atoms with Crippen molar-refractivity contribution in [1.82, 2.24) is 15.1 Å². The highest BCUT2D eigenvalue weighted by atomic mass is 16.2. The lowest BCUT2D eigenvalue weighted by Gasteiger charge is -2.33. The van der Waals surface area contributed by atoms with Crippen LogP contribution in [0.15, 0.2) is 24.3 Å². The summed E-state index contributed by atoms with van der Waals surface area (Å²) in [7, 11) is 0. The first kappa shape index (κ1) is 19.9. The smallest absolute Gasteiger partial charge is 0.254 e. The summed E-state index contributed by atoms with van der Waals surface area (Å²) in [6, 6.07) is 8.08. The molecule has 1 saturated heterocycles. The van der Waals surface area contributed by atoms with Crippen LogP contribution in [0.4, 0.5) is 0 Å². The molecule has 0 unspecified atom stereocenters. The van der Waals surface area contributed by atoms with Gasteiger partial charge in [-0.3, -0.25) is 9.59 Å². The van der Waals surface area contributed by atoms with Gasteiger partial charge in [0, 0.05) is 50.7 Å². The van der Waals surface area contributed by atoms with E-state index in [0.717, 1.165) is 50.1 Å². The predicted molar refractivity (Wildman–Crippen MR) is 108 cm³/mol. The van der Waals surface area contributed by atoms with Crippen molar-refractivity contribution in [2.45, 2.75) is 57.9 Å². The van der Waals surface area contributed by atoms with E-state index in [1.807, 2.05) is 41.0 Å². The van der Waals surface area contributed by atoms with E-state index in [4.69, 9.17) is 0 Å². The van der Waals surface area contributed by atoms with E-state index < -0.39 is 0 Å². The molecule has 1 aliphatic carbocycles. The van der Waals surface area contributed by atoms with Crippen LogP contribution in [0.1, 0.15) is 60.9 Å². The van der Waals surface area contributed by atoms with Gasteiger partial charge >= 0.3 is 0 Å². The van der Waals surface area contributed by atoms with Crippen molar-refractivity contribution in [3.8, 4) is 0 Å². The maximum Gasteiger partial charge on any atom is 0.254 e. The van der Waals surface area contributed by atoms with Crippen LogP contribution in [0, 0.1) is 6.92 Å². The Hall–Kier alpha value is -1.88. The van der Waals surface area contributed by atoms with Gasteiger partial charge < -0.3 is 15.1 Å². The van der Waals surface area contributed by atoms with Gasteiger partial charge in [0.1, 0.15) is 0 Å². The number of rotatable bonds is 5. The van der Waals surface area contributed by atoms with Crippen molar-refractivity contribution in [3.05, 3.63) is 35.4 Å². The molecule has 1 N–H and O–H groups in total. The quantitative estimate of drug-likeness (QED) is 0.810. The van der Waals surface area contributed by atoms with Crippen LogP contribution >= 0.6 is 0 Å². The predicted octanol–water partition coefficient (Wildman–Crippen LogP) is 2.98. The molecule has 5 nitrogen and oxygen atoms in total. The van der Waals surface area contributed by atoms with Crippen molar-refractivity contribution in [2.75, 3.05) is 32.7 Å². The summed E-state index contributed by atoms with van der Waals surface area (Å²) in [5, 5.41) is 3.28. The molecule has 0 atom stereocenters. The van der Waals surface area contributed by atoms with Crippen LogP contribution in [0.25, 0.3) is 0 Å². The molecule has 1 heterocycles. The molecule has 0 spiro atoms. The van der Waals surface area contributed by atoms with Crippen molar-refractivity contribution in [2.24, 2.45) is 0 Å². The molecule has 1 aromatic carbocycles. The van der Waals surface area contributed by atoms with E-state index in [0.29, 0.717) is 13.0 Å². The summed E-state index contributed by atoms with van der Waals surface area (Å²) in [5.41, 5.74) is 1.84. The summed E-state index contributed by atoms with van der Waals surface area (Å²) in [6.45, 7) is 5.81. The number of carbonyl (C=O) groups excluding carboxylic acids is 2. The Morgan fingerprint density at radius 3 is 2.48 bits per heavy atom. The molecule has 2 fully saturated rings. The van der Waals surface area contributed by atoms with E-state index in [9.17, 15) is 9.59 Å². The third-order valence-electron chi connectivity index (χ3n) is 5.83. The van der Waals surface area contributed by atoms with Gasteiger partial charge in [0.05, 0.1) is 0 Å². The van der Waals surface area contributed by atoms with Crippen molar-refractivity contribution in [3.63, 3.8) is 0 Å². The molecule has 148 valence electrons. The molecule has 3 rings (SSSR count). The van der Waals surface area contributed by atoms with Gasteiger partial charge in [-0.25, -0.2) is 0 Å². The van der Waals surface area contributed by atoms with Crippen LogP contribution in [0.2, 0.25) is 0 Å². The number of benzene rings is 1. The molecule has 0 aromatic heterocycles. The lowest BCUT2D eigenvalue weighted by atomic mass is 10.0. The van der Waals surface area contributed by atoms with Crippen LogP contribution in [0.5, 0.6) is 0 Å². The van der Waals surface area contributed by atoms with Crippen LogP contribution in [0.3, 0.4) is 0 Å². The normalized spacial score (nSPS) is 18.8. The molecule has 1 saturated carbocycles. The molecule has 0 bridgehead atoms. The van der Waals surface area contributed by atoms with Crippen molar-refractivity contribution in [1.29, 1.82) is 0 Å². The molecule has 0 radical (unpaired) electrons. The van der Waals surface area contributed by atoms with Gasteiger partial charge in [0.15, 0.2) is 0 Å². The number of nitrogens with one attached hydrogen (secondary N) is 1. The van der Waals surface area contributed by atoms with Crippen LogP contribution in [-0.2, 0) is 4.79 Å². The highest BCUT2D eigenvalue weighted by Crippen LogP contribution is 2.24. The molecule has 27 heavy (non-hydrogen) atoms. The zero-order chi connectivity index (χ0) is 19.1. The first-order chi connectivity index (χ1) is 13.1. The van der Waals surface area contributed by atoms with Crippen molar-refractivity contribution >= 4 is 11.8 Å². The lowest BCUT2D eigenvalue weighted by Crippen LogP contribution is -2.48. The third-order valence-corrected chi connectivity index (χ3v) is 5.83. The minimum Gasteiger partial charge on any atom is -0.340 e. The highest BCUT2D eigenvalue weighted by molar-refractivity contribution is 5.95. The Balaban J connectivity index is 1.70. The van der Waals surface area contributed by atoms with E-state index in [-0.39, 0.29) is 17.9 Å². The number of hydrogen-bond donors (Lipinski definition) is 1. The summed E-state index contributed by atoms with van der Waals surface area (Å²) >= 11 is 0. The number of hydrogen-bond acceptors (Lipinski definition) is 3. The Morgan fingerprint density at radius 1 is 1.11 bits per heavy atom. The van der Waals surface area contributed by atoms with Crippen molar-refractivity contribution < 1.29 is 9.59 Å². The summed E-state index contributed by atoms with van der Waals surface area (Å²) in [4.78, 5) is 29.8. The highest BCUT2D eigenvalue weighted by Gasteiger charge is 2.27. The molecule has 2 amide bonds. The SMILES string of the molecule is Cc1cccc(C(=O)N(CCC(=O)N2CCNCC2)C2CCCCCC2)c1. The van der Waals surface area contributed by atoms with Gasteiger partial charge in [0.2, 0.25) is 5.91 Å². The molecule has 1 aromatic rings. The molecular formula is C22H33N3O2. The topological polar surface area (TPSA) is 52.7 Å². The third kappa shape index (κ3) is 5.55. The van der Waals surface area contributed by atoms with E-state index in [1.165, 1.54) is 25.7 Å². The summed E-state index contributed by atoms with van der Waals surface area (Å²) in [5.74, 6) is 0.255. The van der Waals surface area contributed by atoms with Crippen LogP contribution in [-0.4, -0.2) is 60.4 Å². The fourth-order valence-electron chi connectivity index (χ4n) is 4.25. The fourth-order valence-corrected chi connectivity index (χ4v) is 4.25. The largest absolute Gasteiger partial charge is 0.340 e. The van der Waals surface area contributed by atoms with Gasteiger partial charge in [-0.1, -0.05) is 43.4 Å². The lowest BCUT2D eigenvalue weighted by molar-refractivity contribution is -0.132. The number of carbonyl (C=O) groups is 2. The minimum atomic E-state index is 0.0821. The Bertz CT molecular complexity index is 632. The number of amides is 2. The molecule has 1 aliphatic heterocycles. The van der Waals surface area contributed by atoms with E-state index in [2.05, 4.69) is 5.32 Å². The molecule has 2 aliphatic rings. The van der Waals surface area contributed by atoms with Gasteiger partial charge in [-0.2, -0.15) is 0 Å². The monoisotopic (exact) mass is 371 g/mol. The Labute approximate surface area is 163 Å². The average molecular weight is 372 g/mol. The number of piperazine rings is 1. The maximum atomic E-state index is 13.3. The standard InChI is InChI=1S/C22H33N3O2/c1-18-7-6-8-19(17-18)22(27)25(20-9-4-2-3-5-10-20)14-11-21(26)24-15-12-23-13-16-24/h6-8,17,20,23H,2-5,9-16H2,1H3. The molecule has 5 heteroatoms. The van der Waals surface area contributed by atoms with Gasteiger partial charge in [0.25, 0.3) is 5.91 Å². The van der Waals surface area contributed by atoms with Gasteiger partial charge in [-0.15, -0.1) is 0 Å². The fraction of sp³-hybridized carbons (Fsp3) is 0.636. The van der Waals surface area contributed by atoms with Gasteiger partial charge in [-0.05, 0) is 31.9 Å². The maximum absolute atomic E-state index is 13.3. The second-order valence-corrected chi connectivity index (χ2v) is 7.89. The second kappa shape index (κ2) is 9.88.